The van der Waals surface area contributed by atoms with Gasteiger partial charge in [-0.2, -0.15) is 0 Å². The molecule has 27 heavy (non-hydrogen) atoms. The van der Waals surface area contributed by atoms with Gasteiger partial charge in [-0.05, 0) is 37.3 Å². The molecule has 146 valence electrons. The molecule has 0 atom stereocenters. The molecule has 0 unspecified atom stereocenters. The predicted molar refractivity (Wildman–Crippen MR) is 104 cm³/mol. The molecule has 1 aliphatic carbocycles. The Morgan fingerprint density at radius 1 is 1.07 bits per heavy atom. The number of fused-ring (bicyclic) bond motifs is 1. The molecule has 1 saturated heterocycles. The smallest absolute Gasteiger partial charge is 0.241 e. The van der Waals surface area contributed by atoms with Crippen LogP contribution in [0.3, 0.4) is 0 Å². The lowest BCUT2D eigenvalue weighted by atomic mass is 10.0. The average molecular weight is 371 g/mol. The Kier molecular flexibility index (Phi) is 5.19. The maximum atomic E-state index is 12.8. The molecule has 2 aliphatic heterocycles. The predicted octanol–water partition coefficient (Wildman–Crippen LogP) is 1.54. The van der Waals surface area contributed by atoms with Crippen LogP contribution in [-0.2, 0) is 20.7 Å². The van der Waals surface area contributed by atoms with Crippen LogP contribution in [0.2, 0.25) is 0 Å². The van der Waals surface area contributed by atoms with Crippen LogP contribution in [0.5, 0.6) is 0 Å². The highest BCUT2D eigenvalue weighted by Crippen LogP contribution is 2.50. The fourth-order valence-corrected chi connectivity index (χ4v) is 4.34. The Bertz CT molecular complexity index is 708. The third-order valence-electron chi connectivity index (χ3n) is 6.30. The first-order chi connectivity index (χ1) is 13.1. The zero-order valence-corrected chi connectivity index (χ0v) is 16.2. The van der Waals surface area contributed by atoms with Gasteiger partial charge >= 0.3 is 0 Å². The normalized spacial score (nSPS) is 21.2. The van der Waals surface area contributed by atoms with E-state index in [1.54, 1.807) is 7.11 Å². The first-order valence-electron chi connectivity index (χ1n) is 10.0. The fourth-order valence-electron chi connectivity index (χ4n) is 4.34. The van der Waals surface area contributed by atoms with Crippen LogP contribution in [0, 0.1) is 5.41 Å². The lowest BCUT2D eigenvalue weighted by Crippen LogP contribution is -2.53. The van der Waals surface area contributed by atoms with E-state index in [-0.39, 0.29) is 11.3 Å². The van der Waals surface area contributed by atoms with Crippen molar-refractivity contribution in [2.24, 2.45) is 5.41 Å². The van der Waals surface area contributed by atoms with Crippen molar-refractivity contribution in [3.05, 3.63) is 29.8 Å². The van der Waals surface area contributed by atoms with Gasteiger partial charge in [0.2, 0.25) is 11.8 Å². The van der Waals surface area contributed by atoms with Crippen molar-refractivity contribution in [1.82, 2.24) is 9.80 Å². The molecule has 1 saturated carbocycles. The fraction of sp³-hybridized carbons (Fsp3) is 0.619. The topological polar surface area (TPSA) is 53.1 Å². The van der Waals surface area contributed by atoms with Gasteiger partial charge in [-0.1, -0.05) is 18.2 Å². The Hall–Kier alpha value is -1.92. The number of benzene rings is 1. The van der Waals surface area contributed by atoms with Crippen molar-refractivity contribution in [3.8, 4) is 0 Å². The van der Waals surface area contributed by atoms with Crippen molar-refractivity contribution < 1.29 is 14.3 Å². The summed E-state index contributed by atoms with van der Waals surface area (Å²) >= 11 is 0. The Morgan fingerprint density at radius 2 is 1.81 bits per heavy atom. The number of carbonyl (C=O) groups excluding carboxylic acids is 2. The van der Waals surface area contributed by atoms with Crippen LogP contribution in [0.1, 0.15) is 24.8 Å². The van der Waals surface area contributed by atoms with Gasteiger partial charge in [0.15, 0.2) is 0 Å². The number of para-hydroxylation sites is 1. The quantitative estimate of drug-likeness (QED) is 0.761. The summed E-state index contributed by atoms with van der Waals surface area (Å²) in [6, 6.07) is 8.16. The Labute approximate surface area is 161 Å². The van der Waals surface area contributed by atoms with E-state index in [0.29, 0.717) is 19.1 Å². The third-order valence-corrected chi connectivity index (χ3v) is 6.30. The lowest BCUT2D eigenvalue weighted by molar-refractivity contribution is -0.139. The van der Waals surface area contributed by atoms with Crippen molar-refractivity contribution in [3.63, 3.8) is 0 Å². The van der Waals surface area contributed by atoms with E-state index in [1.807, 2.05) is 28.0 Å². The molecule has 2 heterocycles. The number of hydrogen-bond donors (Lipinski definition) is 0. The van der Waals surface area contributed by atoms with Crippen molar-refractivity contribution in [2.75, 3.05) is 57.9 Å². The average Bonchev–Trinajstić information content (AvgIpc) is 3.37. The molecular weight excluding hydrogens is 342 g/mol. The van der Waals surface area contributed by atoms with E-state index in [9.17, 15) is 9.59 Å². The summed E-state index contributed by atoms with van der Waals surface area (Å²) in [5, 5.41) is 0. The summed E-state index contributed by atoms with van der Waals surface area (Å²) in [7, 11) is 1.69. The number of amides is 2. The summed E-state index contributed by atoms with van der Waals surface area (Å²) in [6.45, 7) is 4.84. The van der Waals surface area contributed by atoms with Crippen molar-refractivity contribution >= 4 is 17.5 Å². The molecule has 0 bridgehead atoms. The zero-order valence-electron chi connectivity index (χ0n) is 16.2. The number of ether oxygens (including phenoxy) is 1. The number of carbonyl (C=O) groups is 2. The van der Waals surface area contributed by atoms with E-state index in [4.69, 9.17) is 4.74 Å². The van der Waals surface area contributed by atoms with Gasteiger partial charge in [0.05, 0.1) is 12.0 Å². The molecule has 0 N–H and O–H groups in total. The molecule has 1 aromatic carbocycles. The van der Waals surface area contributed by atoms with Gasteiger partial charge in [-0.25, -0.2) is 0 Å². The molecule has 0 spiro atoms. The van der Waals surface area contributed by atoms with Crippen molar-refractivity contribution in [2.45, 2.75) is 25.7 Å². The largest absolute Gasteiger partial charge is 0.385 e. The summed E-state index contributed by atoms with van der Waals surface area (Å²) in [5.74, 6) is 0.456. The monoisotopic (exact) mass is 371 g/mol. The van der Waals surface area contributed by atoms with Gasteiger partial charge in [-0.3, -0.25) is 14.5 Å². The number of hydrogen-bond acceptors (Lipinski definition) is 4. The maximum absolute atomic E-state index is 12.8. The van der Waals surface area contributed by atoms with Crippen LogP contribution in [0.4, 0.5) is 5.69 Å². The van der Waals surface area contributed by atoms with E-state index in [1.165, 1.54) is 5.56 Å². The number of anilines is 1. The first kappa shape index (κ1) is 18.4. The number of methoxy groups -OCH3 is 1. The van der Waals surface area contributed by atoms with Gasteiger partial charge in [0.25, 0.3) is 0 Å². The highest BCUT2D eigenvalue weighted by atomic mass is 16.5. The van der Waals surface area contributed by atoms with Gasteiger partial charge in [-0.15, -0.1) is 0 Å². The maximum Gasteiger partial charge on any atom is 0.241 e. The standard InChI is InChI=1S/C21H29N3O3/c1-27-15-9-21(7-8-21)20(26)23-13-11-22(12-14-23)16-19(25)24-10-6-17-4-2-3-5-18(17)24/h2-5H,6-16H2,1H3. The molecule has 3 aliphatic rings. The summed E-state index contributed by atoms with van der Waals surface area (Å²) in [5.41, 5.74) is 2.16. The van der Waals surface area contributed by atoms with Gasteiger partial charge in [0.1, 0.15) is 0 Å². The second kappa shape index (κ2) is 7.60. The van der Waals surface area contributed by atoms with E-state index < -0.39 is 0 Å². The highest BCUT2D eigenvalue weighted by molar-refractivity contribution is 5.96. The van der Waals surface area contributed by atoms with Crippen LogP contribution in [-0.4, -0.2) is 74.6 Å². The lowest BCUT2D eigenvalue weighted by Gasteiger charge is -2.36. The minimum absolute atomic E-state index is 0.159. The first-order valence-corrected chi connectivity index (χ1v) is 10.0. The molecule has 4 rings (SSSR count). The molecule has 1 aromatic rings. The molecule has 2 fully saturated rings. The second-order valence-corrected chi connectivity index (χ2v) is 8.02. The molecule has 6 nitrogen and oxygen atoms in total. The number of rotatable bonds is 6. The zero-order chi connectivity index (χ0) is 18.9. The third kappa shape index (κ3) is 3.73. The van der Waals surface area contributed by atoms with Crippen LogP contribution in [0.25, 0.3) is 0 Å². The molecular formula is C21H29N3O3. The summed E-state index contributed by atoms with van der Waals surface area (Å²) in [6.07, 6.45) is 3.74. The SMILES string of the molecule is COCCC1(C(=O)N2CCN(CC(=O)N3CCc4ccccc43)CC2)CC1. The van der Waals surface area contributed by atoms with Crippen molar-refractivity contribution in [1.29, 1.82) is 0 Å². The second-order valence-electron chi connectivity index (χ2n) is 8.02. The Balaban J connectivity index is 1.28. The highest BCUT2D eigenvalue weighted by Gasteiger charge is 2.51. The van der Waals surface area contributed by atoms with Crippen LogP contribution < -0.4 is 4.90 Å². The van der Waals surface area contributed by atoms with Gasteiger partial charge in [0, 0.05) is 52.1 Å². The molecule has 6 heteroatoms. The van der Waals surface area contributed by atoms with E-state index in [0.717, 1.165) is 64.1 Å². The number of nitrogens with zero attached hydrogens (tertiary/aromatic N) is 3. The van der Waals surface area contributed by atoms with Crippen LogP contribution in [0.15, 0.2) is 24.3 Å². The summed E-state index contributed by atoms with van der Waals surface area (Å²) in [4.78, 5) is 31.7. The number of piperazine rings is 1. The van der Waals surface area contributed by atoms with Crippen LogP contribution >= 0.6 is 0 Å². The minimum Gasteiger partial charge on any atom is -0.385 e. The minimum atomic E-state index is -0.159. The molecule has 0 radical (unpaired) electrons. The Morgan fingerprint density at radius 3 is 2.52 bits per heavy atom. The van der Waals surface area contributed by atoms with E-state index >= 15 is 0 Å². The molecule has 2 amide bonds. The van der Waals surface area contributed by atoms with Gasteiger partial charge < -0.3 is 14.5 Å². The molecule has 0 aromatic heterocycles. The van der Waals surface area contributed by atoms with E-state index in [2.05, 4.69) is 11.0 Å². The summed E-state index contributed by atoms with van der Waals surface area (Å²) < 4.78 is 5.17.